The second kappa shape index (κ2) is 3.09. The van der Waals surface area contributed by atoms with E-state index in [0.717, 1.165) is 0 Å². The summed E-state index contributed by atoms with van der Waals surface area (Å²) >= 11 is 0. The zero-order chi connectivity index (χ0) is 9.43. The van der Waals surface area contributed by atoms with Crippen molar-refractivity contribution in [1.29, 1.82) is 0 Å². The summed E-state index contributed by atoms with van der Waals surface area (Å²) < 4.78 is 0. The van der Waals surface area contributed by atoms with Gasteiger partial charge in [-0.3, -0.25) is 0 Å². The molecule has 1 saturated heterocycles. The summed E-state index contributed by atoms with van der Waals surface area (Å²) in [5.74, 6) is 0. The standard InChI is InChI=1S/C13H17N/c1-2-5-12-11(4-1)6-8-13(12)7-3-9-14-10-13/h1-2,4-5,14H,3,6-10H2. The molecule has 1 aliphatic heterocycles. The highest BCUT2D eigenvalue weighted by atomic mass is 14.9. The van der Waals surface area contributed by atoms with E-state index in [4.69, 9.17) is 0 Å². The molecule has 1 atom stereocenters. The Bertz CT molecular complexity index is 331. The van der Waals surface area contributed by atoms with Gasteiger partial charge in [-0.2, -0.15) is 0 Å². The Labute approximate surface area is 85.5 Å². The van der Waals surface area contributed by atoms with Crippen LogP contribution in [0.3, 0.4) is 0 Å². The van der Waals surface area contributed by atoms with Crippen LogP contribution >= 0.6 is 0 Å². The van der Waals surface area contributed by atoms with Crippen molar-refractivity contribution in [2.24, 2.45) is 0 Å². The Morgan fingerprint density at radius 1 is 1.14 bits per heavy atom. The molecule has 3 rings (SSSR count). The Morgan fingerprint density at radius 2 is 2.07 bits per heavy atom. The van der Waals surface area contributed by atoms with E-state index in [-0.39, 0.29) is 0 Å². The highest BCUT2D eigenvalue weighted by molar-refractivity contribution is 5.40. The van der Waals surface area contributed by atoms with Gasteiger partial charge in [0.05, 0.1) is 0 Å². The van der Waals surface area contributed by atoms with E-state index in [1.165, 1.54) is 38.8 Å². The minimum Gasteiger partial charge on any atom is -0.316 e. The number of benzene rings is 1. The maximum absolute atomic E-state index is 3.56. The highest BCUT2D eigenvalue weighted by Crippen LogP contribution is 2.42. The molecule has 14 heavy (non-hydrogen) atoms. The first-order valence-corrected chi connectivity index (χ1v) is 5.70. The van der Waals surface area contributed by atoms with Crippen LogP contribution in [-0.4, -0.2) is 13.1 Å². The third kappa shape index (κ3) is 1.12. The van der Waals surface area contributed by atoms with Gasteiger partial charge in [0.25, 0.3) is 0 Å². The molecule has 0 aromatic heterocycles. The van der Waals surface area contributed by atoms with Crippen LogP contribution in [0.15, 0.2) is 24.3 Å². The van der Waals surface area contributed by atoms with Gasteiger partial charge in [0.1, 0.15) is 0 Å². The molecular formula is C13H17N. The van der Waals surface area contributed by atoms with Crippen molar-refractivity contribution in [1.82, 2.24) is 5.32 Å². The van der Waals surface area contributed by atoms with Crippen LogP contribution in [0.1, 0.15) is 30.4 Å². The van der Waals surface area contributed by atoms with Gasteiger partial charge in [-0.25, -0.2) is 0 Å². The molecule has 1 aliphatic carbocycles. The number of fused-ring (bicyclic) bond motifs is 2. The second-order valence-electron chi connectivity index (χ2n) is 4.72. The molecule has 1 aromatic rings. The van der Waals surface area contributed by atoms with E-state index in [1.807, 2.05) is 0 Å². The van der Waals surface area contributed by atoms with Crippen LogP contribution < -0.4 is 5.32 Å². The Balaban J connectivity index is 2.03. The van der Waals surface area contributed by atoms with Crippen LogP contribution in [0, 0.1) is 0 Å². The minimum absolute atomic E-state index is 0.495. The minimum atomic E-state index is 0.495. The maximum atomic E-state index is 3.56. The molecule has 1 spiro atoms. The molecule has 0 amide bonds. The first-order valence-electron chi connectivity index (χ1n) is 5.70. The molecule has 0 bridgehead atoms. The van der Waals surface area contributed by atoms with Gasteiger partial charge in [0, 0.05) is 12.0 Å². The summed E-state index contributed by atoms with van der Waals surface area (Å²) in [6.45, 7) is 2.41. The van der Waals surface area contributed by atoms with Crippen LogP contribution in [0.25, 0.3) is 0 Å². The average molecular weight is 187 g/mol. The lowest BCUT2D eigenvalue weighted by molar-refractivity contribution is 0.311. The molecule has 1 fully saturated rings. The predicted octanol–water partition coefficient (Wildman–Crippen LogP) is 2.25. The lowest BCUT2D eigenvalue weighted by Crippen LogP contribution is -2.41. The summed E-state index contributed by atoms with van der Waals surface area (Å²) in [7, 11) is 0. The molecule has 1 aromatic carbocycles. The molecule has 2 aliphatic rings. The van der Waals surface area contributed by atoms with Gasteiger partial charge in [0.15, 0.2) is 0 Å². The topological polar surface area (TPSA) is 12.0 Å². The molecule has 1 N–H and O–H groups in total. The number of rotatable bonds is 0. The SMILES string of the molecule is c1ccc2c(c1)CCC21CCCNC1. The van der Waals surface area contributed by atoms with Gasteiger partial charge in [-0.1, -0.05) is 24.3 Å². The number of hydrogen-bond acceptors (Lipinski definition) is 1. The quantitative estimate of drug-likeness (QED) is 0.657. The van der Waals surface area contributed by atoms with E-state index in [2.05, 4.69) is 29.6 Å². The van der Waals surface area contributed by atoms with Crippen molar-refractivity contribution in [2.45, 2.75) is 31.1 Å². The molecule has 74 valence electrons. The summed E-state index contributed by atoms with van der Waals surface area (Å²) in [6.07, 6.45) is 5.38. The molecule has 0 saturated carbocycles. The van der Waals surface area contributed by atoms with Gasteiger partial charge < -0.3 is 5.32 Å². The molecule has 1 unspecified atom stereocenters. The first-order chi connectivity index (χ1) is 6.91. The first kappa shape index (κ1) is 8.49. The van der Waals surface area contributed by atoms with Crippen LogP contribution in [0.4, 0.5) is 0 Å². The van der Waals surface area contributed by atoms with Crippen molar-refractivity contribution in [3.8, 4) is 0 Å². The second-order valence-corrected chi connectivity index (χ2v) is 4.72. The zero-order valence-corrected chi connectivity index (χ0v) is 8.55. The summed E-state index contributed by atoms with van der Waals surface area (Å²) in [5, 5.41) is 3.56. The third-order valence-corrected chi connectivity index (χ3v) is 3.93. The number of piperidine rings is 1. The normalized spacial score (nSPS) is 30.6. The summed E-state index contributed by atoms with van der Waals surface area (Å²) in [5.41, 5.74) is 3.72. The van der Waals surface area contributed by atoms with Gasteiger partial charge >= 0.3 is 0 Å². The van der Waals surface area contributed by atoms with E-state index >= 15 is 0 Å². The fraction of sp³-hybridized carbons (Fsp3) is 0.538. The van der Waals surface area contributed by atoms with Gasteiger partial charge in [0.2, 0.25) is 0 Å². The molecule has 0 radical (unpaired) electrons. The van der Waals surface area contributed by atoms with Gasteiger partial charge in [-0.05, 0) is 43.4 Å². The van der Waals surface area contributed by atoms with Crippen LogP contribution in [-0.2, 0) is 11.8 Å². The zero-order valence-electron chi connectivity index (χ0n) is 8.55. The molecule has 1 heterocycles. The van der Waals surface area contributed by atoms with Crippen molar-refractivity contribution in [2.75, 3.05) is 13.1 Å². The fourth-order valence-electron chi connectivity index (χ4n) is 3.18. The van der Waals surface area contributed by atoms with E-state index < -0.39 is 0 Å². The average Bonchev–Trinajstić information content (AvgIpc) is 2.60. The highest BCUT2D eigenvalue weighted by Gasteiger charge is 2.38. The predicted molar refractivity (Wildman–Crippen MR) is 58.5 cm³/mol. The van der Waals surface area contributed by atoms with Crippen molar-refractivity contribution >= 4 is 0 Å². The lowest BCUT2D eigenvalue weighted by atomic mass is 9.76. The molecule has 1 nitrogen and oxygen atoms in total. The number of hydrogen-bond donors (Lipinski definition) is 1. The third-order valence-electron chi connectivity index (χ3n) is 3.93. The Hall–Kier alpha value is -0.820. The lowest BCUT2D eigenvalue weighted by Gasteiger charge is -2.35. The molecule has 1 heteroatoms. The van der Waals surface area contributed by atoms with Crippen molar-refractivity contribution < 1.29 is 0 Å². The number of nitrogens with one attached hydrogen (secondary N) is 1. The Kier molecular flexibility index (Phi) is 1.88. The summed E-state index contributed by atoms with van der Waals surface area (Å²) in [4.78, 5) is 0. The Morgan fingerprint density at radius 3 is 2.93 bits per heavy atom. The van der Waals surface area contributed by atoms with E-state index in [1.54, 1.807) is 11.1 Å². The number of aryl methyl sites for hydroxylation is 1. The van der Waals surface area contributed by atoms with Crippen LogP contribution in [0.2, 0.25) is 0 Å². The monoisotopic (exact) mass is 187 g/mol. The molecular weight excluding hydrogens is 170 g/mol. The van der Waals surface area contributed by atoms with Crippen molar-refractivity contribution in [3.05, 3.63) is 35.4 Å². The smallest absolute Gasteiger partial charge is 0.00841 e. The van der Waals surface area contributed by atoms with Crippen molar-refractivity contribution in [3.63, 3.8) is 0 Å². The van der Waals surface area contributed by atoms with E-state index in [0.29, 0.717) is 5.41 Å². The maximum Gasteiger partial charge on any atom is 0.00841 e. The van der Waals surface area contributed by atoms with E-state index in [9.17, 15) is 0 Å². The van der Waals surface area contributed by atoms with Gasteiger partial charge in [-0.15, -0.1) is 0 Å². The largest absolute Gasteiger partial charge is 0.316 e. The van der Waals surface area contributed by atoms with Crippen LogP contribution in [0.5, 0.6) is 0 Å². The summed E-state index contributed by atoms with van der Waals surface area (Å²) in [6, 6.07) is 9.02. The fourth-order valence-corrected chi connectivity index (χ4v) is 3.18.